The van der Waals surface area contributed by atoms with Crippen LogP contribution in [0.1, 0.15) is 0 Å². The number of benzene rings is 10. The molecule has 3 aromatic heterocycles. The van der Waals surface area contributed by atoms with Crippen LogP contribution >= 0.6 is 0 Å². The highest BCUT2D eigenvalue weighted by atomic mass is 15.0. The van der Waals surface area contributed by atoms with Crippen LogP contribution in [0.5, 0.6) is 0 Å². The maximum Gasteiger partial charge on any atom is 0.164 e. The molecule has 0 unspecified atom stereocenters. The van der Waals surface area contributed by atoms with Gasteiger partial charge in [-0.1, -0.05) is 206 Å². The molecule has 0 aliphatic heterocycles. The van der Waals surface area contributed by atoms with E-state index in [2.05, 4.69) is 205 Å². The van der Waals surface area contributed by atoms with Crippen LogP contribution in [-0.4, -0.2) is 24.5 Å². The molecule has 0 saturated carbocycles. The average Bonchev–Trinajstić information content (AvgIpc) is 3.77. The summed E-state index contributed by atoms with van der Waals surface area (Å²) >= 11 is 0. The van der Waals surface area contributed by atoms with E-state index in [4.69, 9.17) is 19.9 Å². The van der Waals surface area contributed by atoms with Crippen molar-refractivity contribution in [3.63, 3.8) is 0 Å². The number of rotatable bonds is 7. The SMILES string of the molecule is c1ccc(-c2ccc(-c3nc(-c4ccccc4)nc(-c4ccc(-c5ccc(-n6c7ccccc7c7c(-c8cc9ccccc9c9ccccc89)nc8ccccc8c76)cc5)cc4)n3)cc2)cc1. The lowest BCUT2D eigenvalue weighted by molar-refractivity contribution is 1.07. The molecule has 0 N–H and O–H groups in total. The van der Waals surface area contributed by atoms with Gasteiger partial charge in [-0.3, -0.25) is 0 Å². The van der Waals surface area contributed by atoms with Crippen molar-refractivity contribution in [3.05, 3.63) is 237 Å². The van der Waals surface area contributed by atoms with Gasteiger partial charge in [-0.25, -0.2) is 19.9 Å². The van der Waals surface area contributed by atoms with Crippen LogP contribution in [0.2, 0.25) is 0 Å². The van der Waals surface area contributed by atoms with E-state index in [1.807, 2.05) is 36.4 Å². The van der Waals surface area contributed by atoms with Crippen molar-refractivity contribution in [2.75, 3.05) is 0 Å². The molecule has 10 aromatic carbocycles. The molecular formula is C62H39N5. The minimum Gasteiger partial charge on any atom is -0.308 e. The molecule has 0 fully saturated rings. The second-order valence-corrected chi connectivity index (χ2v) is 17.0. The Morgan fingerprint density at radius 1 is 0.299 bits per heavy atom. The Kier molecular flexibility index (Phi) is 9.10. The number of aromatic nitrogens is 5. The summed E-state index contributed by atoms with van der Waals surface area (Å²) in [6.07, 6.45) is 0. The van der Waals surface area contributed by atoms with E-state index in [1.165, 1.54) is 32.5 Å². The Labute approximate surface area is 387 Å². The molecule has 0 radical (unpaired) electrons. The van der Waals surface area contributed by atoms with Gasteiger partial charge in [-0.2, -0.15) is 0 Å². The van der Waals surface area contributed by atoms with Crippen molar-refractivity contribution >= 4 is 54.3 Å². The fraction of sp³-hybridized carbons (Fsp3) is 0. The number of hydrogen-bond donors (Lipinski definition) is 0. The first kappa shape index (κ1) is 38.4. The van der Waals surface area contributed by atoms with Crippen LogP contribution in [0.15, 0.2) is 237 Å². The van der Waals surface area contributed by atoms with E-state index in [9.17, 15) is 0 Å². The fourth-order valence-corrected chi connectivity index (χ4v) is 9.80. The Morgan fingerprint density at radius 3 is 1.36 bits per heavy atom. The zero-order chi connectivity index (χ0) is 44.3. The van der Waals surface area contributed by atoms with Crippen LogP contribution in [0.4, 0.5) is 0 Å². The predicted molar refractivity (Wildman–Crippen MR) is 277 cm³/mol. The van der Waals surface area contributed by atoms with E-state index < -0.39 is 0 Å². The van der Waals surface area contributed by atoms with Crippen molar-refractivity contribution in [1.29, 1.82) is 0 Å². The van der Waals surface area contributed by atoms with Crippen molar-refractivity contribution in [1.82, 2.24) is 24.5 Å². The van der Waals surface area contributed by atoms with Crippen molar-refractivity contribution in [2.45, 2.75) is 0 Å². The van der Waals surface area contributed by atoms with Gasteiger partial charge in [0.15, 0.2) is 17.5 Å². The molecule has 13 aromatic rings. The minimum absolute atomic E-state index is 0.627. The van der Waals surface area contributed by atoms with Crippen LogP contribution in [0.25, 0.3) is 128 Å². The number of hydrogen-bond acceptors (Lipinski definition) is 4. The first-order valence-corrected chi connectivity index (χ1v) is 22.6. The van der Waals surface area contributed by atoms with Crippen LogP contribution in [0, 0.1) is 0 Å². The molecule has 312 valence electrons. The third kappa shape index (κ3) is 6.64. The lowest BCUT2D eigenvalue weighted by atomic mass is 9.93. The second-order valence-electron chi connectivity index (χ2n) is 17.0. The quantitative estimate of drug-likeness (QED) is 0.150. The molecule has 0 spiro atoms. The highest BCUT2D eigenvalue weighted by Gasteiger charge is 2.22. The van der Waals surface area contributed by atoms with E-state index in [0.717, 1.165) is 77.6 Å². The van der Waals surface area contributed by atoms with E-state index >= 15 is 0 Å². The Hall–Kier alpha value is -9.06. The van der Waals surface area contributed by atoms with Crippen molar-refractivity contribution < 1.29 is 0 Å². The fourth-order valence-electron chi connectivity index (χ4n) is 9.80. The molecule has 3 heterocycles. The molecule has 0 aliphatic rings. The molecule has 0 atom stereocenters. The smallest absolute Gasteiger partial charge is 0.164 e. The van der Waals surface area contributed by atoms with Crippen LogP contribution < -0.4 is 0 Å². The number of fused-ring (bicyclic) bond motifs is 8. The molecule has 0 bridgehead atoms. The summed E-state index contributed by atoms with van der Waals surface area (Å²) in [6, 6.07) is 83.4. The third-order valence-corrected chi connectivity index (χ3v) is 13.0. The maximum atomic E-state index is 5.50. The summed E-state index contributed by atoms with van der Waals surface area (Å²) in [5, 5.41) is 8.30. The van der Waals surface area contributed by atoms with Gasteiger partial charge in [0.25, 0.3) is 0 Å². The predicted octanol–water partition coefficient (Wildman–Crippen LogP) is 15.8. The largest absolute Gasteiger partial charge is 0.308 e. The standard InChI is InChI=1S/C62H39N5/c1-3-15-40(16-4-1)41-27-31-45(32-28-41)61-64-60(44-17-5-2-6-18-44)65-62(66-61)46-33-29-42(30-34-46)43-35-37-48(38-36-43)67-56-26-14-12-24-53(56)57-58(63-55-25-13-11-23-52(55)59(57)67)54-39-47-19-7-8-20-49(47)50-21-9-10-22-51(50)54/h1-39H. The van der Waals surface area contributed by atoms with Gasteiger partial charge in [-0.05, 0) is 74.1 Å². The maximum absolute atomic E-state index is 5.50. The van der Waals surface area contributed by atoms with E-state index in [0.29, 0.717) is 17.5 Å². The summed E-state index contributed by atoms with van der Waals surface area (Å²) in [7, 11) is 0. The van der Waals surface area contributed by atoms with Gasteiger partial charge in [0.2, 0.25) is 0 Å². The van der Waals surface area contributed by atoms with Gasteiger partial charge in [0.1, 0.15) is 0 Å². The molecule has 0 amide bonds. The van der Waals surface area contributed by atoms with E-state index in [1.54, 1.807) is 0 Å². The van der Waals surface area contributed by atoms with Gasteiger partial charge >= 0.3 is 0 Å². The van der Waals surface area contributed by atoms with Gasteiger partial charge in [0, 0.05) is 44.1 Å². The number of para-hydroxylation sites is 2. The lowest BCUT2D eigenvalue weighted by Crippen LogP contribution is -2.00. The van der Waals surface area contributed by atoms with Gasteiger partial charge in [0.05, 0.1) is 22.2 Å². The normalized spacial score (nSPS) is 11.6. The molecule has 0 saturated heterocycles. The minimum atomic E-state index is 0.627. The molecule has 67 heavy (non-hydrogen) atoms. The van der Waals surface area contributed by atoms with E-state index in [-0.39, 0.29) is 0 Å². The highest BCUT2D eigenvalue weighted by molar-refractivity contribution is 6.25. The van der Waals surface area contributed by atoms with Crippen molar-refractivity contribution in [2.24, 2.45) is 0 Å². The molecule has 5 heteroatoms. The van der Waals surface area contributed by atoms with Crippen molar-refractivity contribution in [3.8, 4) is 73.4 Å². The van der Waals surface area contributed by atoms with Crippen LogP contribution in [0.3, 0.4) is 0 Å². The topological polar surface area (TPSA) is 56.5 Å². The third-order valence-electron chi connectivity index (χ3n) is 13.0. The first-order chi connectivity index (χ1) is 33.2. The first-order valence-electron chi connectivity index (χ1n) is 22.6. The number of pyridine rings is 1. The second kappa shape index (κ2) is 15.9. The number of nitrogens with zero attached hydrogens (tertiary/aromatic N) is 5. The zero-order valence-corrected chi connectivity index (χ0v) is 36.3. The lowest BCUT2D eigenvalue weighted by Gasteiger charge is -2.14. The molecule has 5 nitrogen and oxygen atoms in total. The molecule has 13 rings (SSSR count). The molecule has 0 aliphatic carbocycles. The summed E-state index contributed by atoms with van der Waals surface area (Å²) in [6.45, 7) is 0. The summed E-state index contributed by atoms with van der Waals surface area (Å²) in [5.74, 6) is 1.90. The monoisotopic (exact) mass is 853 g/mol. The Balaban J connectivity index is 0.898. The van der Waals surface area contributed by atoms with Gasteiger partial charge < -0.3 is 4.57 Å². The molecular weight excluding hydrogens is 815 g/mol. The average molecular weight is 854 g/mol. The zero-order valence-electron chi connectivity index (χ0n) is 36.3. The Morgan fingerprint density at radius 2 is 0.731 bits per heavy atom. The summed E-state index contributed by atoms with van der Waals surface area (Å²) in [5.41, 5.74) is 13.8. The van der Waals surface area contributed by atoms with Crippen LogP contribution in [-0.2, 0) is 0 Å². The Bertz CT molecular complexity index is 3990. The van der Waals surface area contributed by atoms with Gasteiger partial charge in [-0.15, -0.1) is 0 Å². The summed E-state index contributed by atoms with van der Waals surface area (Å²) in [4.78, 5) is 20.5. The highest BCUT2D eigenvalue weighted by Crippen LogP contribution is 2.44. The summed E-state index contributed by atoms with van der Waals surface area (Å²) < 4.78 is 2.42.